The number of carbonyl (C=O) groups is 1. The minimum atomic E-state index is -0.598. The third-order valence-corrected chi connectivity index (χ3v) is 2.19. The fourth-order valence-corrected chi connectivity index (χ4v) is 1.40. The van der Waals surface area contributed by atoms with E-state index < -0.39 is 11.9 Å². The molecule has 1 amide bonds. The summed E-state index contributed by atoms with van der Waals surface area (Å²) < 4.78 is 13.2. The zero-order chi connectivity index (χ0) is 12.1. The topological polar surface area (TPSA) is 55.1 Å². The van der Waals surface area contributed by atoms with Gasteiger partial charge in [-0.05, 0) is 24.5 Å². The van der Waals surface area contributed by atoms with Gasteiger partial charge >= 0.3 is 0 Å². The van der Waals surface area contributed by atoms with Crippen molar-refractivity contribution >= 4 is 11.6 Å². The van der Waals surface area contributed by atoms with Gasteiger partial charge in [0.25, 0.3) is 0 Å². The average molecular weight is 224 g/mol. The highest BCUT2D eigenvalue weighted by molar-refractivity contribution is 5.94. The van der Waals surface area contributed by atoms with Crippen molar-refractivity contribution in [3.05, 3.63) is 30.1 Å². The van der Waals surface area contributed by atoms with Crippen LogP contribution in [0.2, 0.25) is 0 Å². The van der Waals surface area contributed by atoms with Gasteiger partial charge in [0.2, 0.25) is 5.91 Å². The quantitative estimate of drug-likeness (QED) is 0.823. The highest BCUT2D eigenvalue weighted by Gasteiger charge is 2.15. The first-order valence-corrected chi connectivity index (χ1v) is 5.31. The van der Waals surface area contributed by atoms with Crippen LogP contribution in [0.15, 0.2) is 24.3 Å². The number of benzene rings is 1. The molecular weight excluding hydrogens is 207 g/mol. The van der Waals surface area contributed by atoms with Gasteiger partial charge in [0.15, 0.2) is 0 Å². The minimum absolute atomic E-state index is 0.173. The van der Waals surface area contributed by atoms with Gasteiger partial charge in [-0.3, -0.25) is 4.79 Å². The minimum Gasteiger partial charge on any atom is -0.322 e. The molecule has 88 valence electrons. The van der Waals surface area contributed by atoms with Crippen LogP contribution in [0.3, 0.4) is 0 Å². The van der Waals surface area contributed by atoms with E-state index in [-0.39, 0.29) is 11.6 Å². The number of hydrogen-bond acceptors (Lipinski definition) is 2. The smallest absolute Gasteiger partial charge is 0.241 e. The summed E-state index contributed by atoms with van der Waals surface area (Å²) in [6.07, 6.45) is 0.584. The summed E-state index contributed by atoms with van der Waals surface area (Å²) in [5, 5.41) is 2.48. The fraction of sp³-hybridized carbons (Fsp3) is 0.417. The molecule has 1 aromatic carbocycles. The van der Waals surface area contributed by atoms with Crippen molar-refractivity contribution in [1.82, 2.24) is 0 Å². The van der Waals surface area contributed by atoms with Crippen LogP contribution in [0.25, 0.3) is 0 Å². The van der Waals surface area contributed by atoms with E-state index in [2.05, 4.69) is 5.32 Å². The summed E-state index contributed by atoms with van der Waals surface area (Å²) in [6.45, 7) is 3.96. The van der Waals surface area contributed by atoms with E-state index in [0.29, 0.717) is 12.3 Å². The molecule has 1 rings (SSSR count). The standard InChI is InChI=1S/C12H17FN2O/c1-8(2)7-10(14)12(16)15-11-6-4-3-5-9(11)13/h3-6,8,10H,7,14H2,1-2H3,(H,15,16)/t10-/m0/s1. The lowest BCUT2D eigenvalue weighted by molar-refractivity contribution is -0.117. The third-order valence-electron chi connectivity index (χ3n) is 2.19. The van der Waals surface area contributed by atoms with Crippen LogP contribution >= 0.6 is 0 Å². The van der Waals surface area contributed by atoms with Crippen LogP contribution in [0.5, 0.6) is 0 Å². The van der Waals surface area contributed by atoms with Gasteiger partial charge in [-0.15, -0.1) is 0 Å². The SMILES string of the molecule is CC(C)C[C@H](N)C(=O)Nc1ccccc1F. The molecule has 0 saturated heterocycles. The number of halogens is 1. The Bertz CT molecular complexity index is 366. The Morgan fingerprint density at radius 1 is 1.44 bits per heavy atom. The Hall–Kier alpha value is -1.42. The van der Waals surface area contributed by atoms with Crippen LogP contribution in [0, 0.1) is 11.7 Å². The number of nitrogens with two attached hydrogens (primary N) is 1. The van der Waals surface area contributed by atoms with Gasteiger partial charge in [0, 0.05) is 0 Å². The molecule has 0 aliphatic rings. The molecule has 0 spiro atoms. The van der Waals surface area contributed by atoms with E-state index in [0.717, 1.165) is 0 Å². The first-order valence-electron chi connectivity index (χ1n) is 5.31. The predicted molar refractivity (Wildman–Crippen MR) is 62.5 cm³/mol. The molecular formula is C12H17FN2O. The average Bonchev–Trinajstić information content (AvgIpc) is 2.20. The van der Waals surface area contributed by atoms with Crippen molar-refractivity contribution in [2.45, 2.75) is 26.3 Å². The zero-order valence-corrected chi connectivity index (χ0v) is 9.53. The molecule has 0 unspecified atom stereocenters. The highest BCUT2D eigenvalue weighted by atomic mass is 19.1. The van der Waals surface area contributed by atoms with Crippen molar-refractivity contribution in [2.75, 3.05) is 5.32 Å². The lowest BCUT2D eigenvalue weighted by Crippen LogP contribution is -2.36. The summed E-state index contributed by atoms with van der Waals surface area (Å²) in [5.41, 5.74) is 5.85. The first kappa shape index (κ1) is 12.6. The maximum Gasteiger partial charge on any atom is 0.241 e. The molecule has 0 bridgehead atoms. The maximum atomic E-state index is 13.2. The third kappa shape index (κ3) is 3.62. The van der Waals surface area contributed by atoms with Crippen molar-refractivity contribution in [3.63, 3.8) is 0 Å². The van der Waals surface area contributed by atoms with Gasteiger partial charge in [-0.1, -0.05) is 26.0 Å². The van der Waals surface area contributed by atoms with E-state index in [1.54, 1.807) is 12.1 Å². The van der Waals surface area contributed by atoms with Crippen molar-refractivity contribution in [2.24, 2.45) is 11.7 Å². The largest absolute Gasteiger partial charge is 0.322 e. The summed E-state index contributed by atoms with van der Waals surface area (Å²) in [7, 11) is 0. The number of carbonyl (C=O) groups excluding carboxylic acids is 1. The Kier molecular flexibility index (Phi) is 4.43. The Morgan fingerprint density at radius 3 is 2.62 bits per heavy atom. The van der Waals surface area contributed by atoms with Gasteiger partial charge in [-0.25, -0.2) is 4.39 Å². The Balaban J connectivity index is 2.61. The summed E-state index contributed by atoms with van der Waals surface area (Å²) in [5.74, 6) is -0.465. The van der Waals surface area contributed by atoms with Gasteiger partial charge in [-0.2, -0.15) is 0 Å². The Morgan fingerprint density at radius 2 is 2.06 bits per heavy atom. The summed E-state index contributed by atoms with van der Waals surface area (Å²) in [4.78, 5) is 11.6. The molecule has 1 atom stereocenters. The van der Waals surface area contributed by atoms with E-state index in [9.17, 15) is 9.18 Å². The van der Waals surface area contributed by atoms with Crippen LogP contribution in [-0.2, 0) is 4.79 Å². The first-order chi connectivity index (χ1) is 7.50. The molecule has 1 aromatic rings. The van der Waals surface area contributed by atoms with Crippen LogP contribution < -0.4 is 11.1 Å². The number of amides is 1. The molecule has 4 heteroatoms. The van der Waals surface area contributed by atoms with E-state index >= 15 is 0 Å². The second-order valence-corrected chi connectivity index (χ2v) is 4.21. The lowest BCUT2D eigenvalue weighted by Gasteiger charge is -2.14. The van der Waals surface area contributed by atoms with Gasteiger partial charge < -0.3 is 11.1 Å². The number of hydrogen-bond donors (Lipinski definition) is 2. The zero-order valence-electron chi connectivity index (χ0n) is 9.53. The molecule has 0 aliphatic heterocycles. The normalized spacial score (nSPS) is 12.6. The molecule has 0 aliphatic carbocycles. The molecule has 16 heavy (non-hydrogen) atoms. The number of anilines is 1. The molecule has 0 radical (unpaired) electrons. The molecule has 0 aromatic heterocycles. The second kappa shape index (κ2) is 5.61. The van der Waals surface area contributed by atoms with Crippen LogP contribution in [0.1, 0.15) is 20.3 Å². The van der Waals surface area contributed by atoms with Crippen LogP contribution in [0.4, 0.5) is 10.1 Å². The molecule has 0 heterocycles. The highest BCUT2D eigenvalue weighted by Crippen LogP contribution is 2.13. The lowest BCUT2D eigenvalue weighted by atomic mass is 10.0. The molecule has 0 saturated carbocycles. The predicted octanol–water partition coefficient (Wildman–Crippen LogP) is 2.14. The van der Waals surface area contributed by atoms with Crippen molar-refractivity contribution < 1.29 is 9.18 Å². The number of para-hydroxylation sites is 1. The maximum absolute atomic E-state index is 13.2. The second-order valence-electron chi connectivity index (χ2n) is 4.21. The van der Waals surface area contributed by atoms with E-state index in [1.807, 2.05) is 13.8 Å². The van der Waals surface area contributed by atoms with Crippen molar-refractivity contribution in [1.29, 1.82) is 0 Å². The summed E-state index contributed by atoms with van der Waals surface area (Å²) in [6, 6.07) is 5.43. The molecule has 3 nitrogen and oxygen atoms in total. The van der Waals surface area contributed by atoms with E-state index in [4.69, 9.17) is 5.73 Å². The number of rotatable bonds is 4. The summed E-state index contributed by atoms with van der Waals surface area (Å²) >= 11 is 0. The van der Waals surface area contributed by atoms with Crippen molar-refractivity contribution in [3.8, 4) is 0 Å². The van der Waals surface area contributed by atoms with Crippen LogP contribution in [-0.4, -0.2) is 11.9 Å². The fourth-order valence-electron chi connectivity index (χ4n) is 1.40. The van der Waals surface area contributed by atoms with Gasteiger partial charge in [0.1, 0.15) is 5.82 Å². The molecule has 0 fully saturated rings. The monoisotopic (exact) mass is 224 g/mol. The molecule has 3 N–H and O–H groups in total. The van der Waals surface area contributed by atoms with E-state index in [1.165, 1.54) is 12.1 Å². The van der Waals surface area contributed by atoms with Gasteiger partial charge in [0.05, 0.1) is 11.7 Å². The Labute approximate surface area is 94.8 Å². The number of nitrogens with one attached hydrogen (secondary N) is 1.